The van der Waals surface area contributed by atoms with E-state index in [1.807, 2.05) is 0 Å². The molecule has 0 bridgehead atoms. The lowest BCUT2D eigenvalue weighted by atomic mass is 10.0. The van der Waals surface area contributed by atoms with Crippen molar-refractivity contribution in [2.45, 2.75) is 12.8 Å². The maximum absolute atomic E-state index is 12.9. The van der Waals surface area contributed by atoms with Crippen LogP contribution in [0.3, 0.4) is 0 Å². The molecule has 0 heterocycles. The summed E-state index contributed by atoms with van der Waals surface area (Å²) in [5.41, 5.74) is 2.58. The number of rotatable bonds is 10. The SMILES string of the molecule is O=C(CCNc1ccc(F)cc1)c1ccc(C(=O)CCNc2ccc(F)cc2)cc1. The Balaban J connectivity index is 1.43. The van der Waals surface area contributed by atoms with Crippen LogP contribution >= 0.6 is 0 Å². The molecule has 3 aromatic carbocycles. The van der Waals surface area contributed by atoms with Crippen LogP contribution in [0.4, 0.5) is 20.2 Å². The highest BCUT2D eigenvalue weighted by Gasteiger charge is 2.09. The second-order valence-electron chi connectivity index (χ2n) is 6.79. The topological polar surface area (TPSA) is 58.2 Å². The first-order valence-corrected chi connectivity index (χ1v) is 9.66. The standard InChI is InChI=1S/C24H22F2N2O2/c25-19-5-9-21(10-6-19)27-15-13-23(29)17-1-2-18(4-3-17)24(30)14-16-28-22-11-7-20(26)8-12-22/h1-12,27-28H,13-16H2. The van der Waals surface area contributed by atoms with E-state index in [1.54, 1.807) is 48.5 Å². The Morgan fingerprint density at radius 3 is 1.23 bits per heavy atom. The van der Waals surface area contributed by atoms with Crippen molar-refractivity contribution in [3.05, 3.63) is 95.6 Å². The molecule has 0 saturated heterocycles. The highest BCUT2D eigenvalue weighted by molar-refractivity contribution is 5.99. The van der Waals surface area contributed by atoms with E-state index < -0.39 is 0 Å². The zero-order chi connectivity index (χ0) is 21.3. The van der Waals surface area contributed by atoms with Crippen molar-refractivity contribution in [2.24, 2.45) is 0 Å². The summed E-state index contributed by atoms with van der Waals surface area (Å²) in [6, 6.07) is 18.5. The van der Waals surface area contributed by atoms with E-state index in [0.29, 0.717) is 24.2 Å². The fourth-order valence-electron chi connectivity index (χ4n) is 2.91. The van der Waals surface area contributed by atoms with Gasteiger partial charge in [0.2, 0.25) is 0 Å². The molecule has 3 aromatic rings. The van der Waals surface area contributed by atoms with Crippen molar-refractivity contribution in [3.63, 3.8) is 0 Å². The molecule has 0 spiro atoms. The van der Waals surface area contributed by atoms with E-state index in [2.05, 4.69) is 10.6 Å². The van der Waals surface area contributed by atoms with Crippen molar-refractivity contribution in [3.8, 4) is 0 Å². The fraction of sp³-hybridized carbons (Fsp3) is 0.167. The summed E-state index contributed by atoms with van der Waals surface area (Å²) in [5.74, 6) is -0.696. The molecule has 0 radical (unpaired) electrons. The summed E-state index contributed by atoms with van der Waals surface area (Å²) >= 11 is 0. The summed E-state index contributed by atoms with van der Waals surface area (Å²) in [7, 11) is 0. The van der Waals surface area contributed by atoms with Crippen LogP contribution in [0.5, 0.6) is 0 Å². The molecular weight excluding hydrogens is 386 g/mol. The predicted octanol–water partition coefficient (Wildman–Crippen LogP) is 5.33. The van der Waals surface area contributed by atoms with Crippen molar-refractivity contribution >= 4 is 22.9 Å². The number of carbonyl (C=O) groups is 2. The highest BCUT2D eigenvalue weighted by atomic mass is 19.1. The van der Waals surface area contributed by atoms with Crippen LogP contribution < -0.4 is 10.6 Å². The molecule has 0 saturated carbocycles. The van der Waals surface area contributed by atoms with E-state index >= 15 is 0 Å². The van der Waals surface area contributed by atoms with Gasteiger partial charge in [-0.3, -0.25) is 9.59 Å². The number of ketones is 2. The average molecular weight is 408 g/mol. The first kappa shape index (κ1) is 21.2. The largest absolute Gasteiger partial charge is 0.385 e. The van der Waals surface area contributed by atoms with Gasteiger partial charge in [-0.25, -0.2) is 8.78 Å². The van der Waals surface area contributed by atoms with Crippen LogP contribution in [0, 0.1) is 11.6 Å². The number of nitrogens with one attached hydrogen (secondary N) is 2. The van der Waals surface area contributed by atoms with Crippen LogP contribution in [0.2, 0.25) is 0 Å². The molecule has 154 valence electrons. The van der Waals surface area contributed by atoms with Crippen LogP contribution in [0.1, 0.15) is 33.6 Å². The monoisotopic (exact) mass is 408 g/mol. The Hall–Kier alpha value is -3.54. The molecule has 4 nitrogen and oxygen atoms in total. The summed E-state index contributed by atoms with van der Waals surface area (Å²) in [5, 5.41) is 6.14. The van der Waals surface area contributed by atoms with Gasteiger partial charge in [0, 0.05) is 48.4 Å². The van der Waals surface area contributed by atoms with Gasteiger partial charge in [0.15, 0.2) is 11.6 Å². The third-order valence-electron chi connectivity index (χ3n) is 4.58. The fourth-order valence-corrected chi connectivity index (χ4v) is 2.91. The van der Waals surface area contributed by atoms with E-state index in [4.69, 9.17) is 0 Å². The Kier molecular flexibility index (Phi) is 7.27. The van der Waals surface area contributed by atoms with Gasteiger partial charge in [-0.05, 0) is 48.5 Å². The molecule has 3 rings (SSSR count). The summed E-state index contributed by atoms with van der Waals surface area (Å²) in [6.45, 7) is 0.862. The van der Waals surface area contributed by atoms with E-state index in [-0.39, 0.29) is 36.0 Å². The molecule has 0 amide bonds. The van der Waals surface area contributed by atoms with Crippen LogP contribution in [0.15, 0.2) is 72.8 Å². The highest BCUT2D eigenvalue weighted by Crippen LogP contribution is 2.12. The van der Waals surface area contributed by atoms with Crippen molar-refractivity contribution in [1.82, 2.24) is 0 Å². The number of benzene rings is 3. The van der Waals surface area contributed by atoms with E-state index in [1.165, 1.54) is 24.3 Å². The molecule has 0 aliphatic heterocycles. The Labute approximate surface area is 173 Å². The third-order valence-corrected chi connectivity index (χ3v) is 4.58. The van der Waals surface area contributed by atoms with E-state index in [9.17, 15) is 18.4 Å². The number of hydrogen-bond acceptors (Lipinski definition) is 4. The molecule has 0 fully saturated rings. The minimum atomic E-state index is -0.308. The molecule has 30 heavy (non-hydrogen) atoms. The Morgan fingerprint density at radius 1 is 0.567 bits per heavy atom. The number of anilines is 2. The minimum absolute atomic E-state index is 0.0402. The quantitative estimate of drug-likeness (QED) is 0.445. The molecule has 0 unspecified atom stereocenters. The Bertz CT molecular complexity index is 903. The lowest BCUT2D eigenvalue weighted by Crippen LogP contribution is -2.10. The molecule has 0 atom stereocenters. The summed E-state index contributed by atoms with van der Waals surface area (Å²) in [6.07, 6.45) is 0.568. The van der Waals surface area contributed by atoms with Gasteiger partial charge in [-0.1, -0.05) is 24.3 Å². The maximum Gasteiger partial charge on any atom is 0.164 e. The molecule has 0 aliphatic rings. The maximum atomic E-state index is 12.9. The van der Waals surface area contributed by atoms with Crippen molar-refractivity contribution < 1.29 is 18.4 Å². The number of Topliss-reactive ketones (excluding diaryl/α,β-unsaturated/α-hetero) is 2. The Morgan fingerprint density at radius 2 is 0.900 bits per heavy atom. The molecule has 0 aromatic heterocycles. The van der Waals surface area contributed by atoms with Crippen molar-refractivity contribution in [2.75, 3.05) is 23.7 Å². The van der Waals surface area contributed by atoms with Gasteiger partial charge in [0.1, 0.15) is 11.6 Å². The predicted molar refractivity (Wildman–Crippen MR) is 114 cm³/mol. The summed E-state index contributed by atoms with van der Waals surface area (Å²) < 4.78 is 25.8. The average Bonchev–Trinajstić information content (AvgIpc) is 2.76. The molecule has 2 N–H and O–H groups in total. The second-order valence-corrected chi connectivity index (χ2v) is 6.79. The second kappa shape index (κ2) is 10.3. The van der Waals surface area contributed by atoms with Gasteiger partial charge in [-0.2, -0.15) is 0 Å². The number of carbonyl (C=O) groups excluding carboxylic acids is 2. The zero-order valence-corrected chi connectivity index (χ0v) is 16.3. The number of hydrogen-bond donors (Lipinski definition) is 2. The zero-order valence-electron chi connectivity index (χ0n) is 16.3. The van der Waals surface area contributed by atoms with Crippen LogP contribution in [0.25, 0.3) is 0 Å². The normalized spacial score (nSPS) is 10.5. The minimum Gasteiger partial charge on any atom is -0.385 e. The van der Waals surface area contributed by atoms with Gasteiger partial charge in [0.25, 0.3) is 0 Å². The third kappa shape index (κ3) is 6.24. The lowest BCUT2D eigenvalue weighted by Gasteiger charge is -2.07. The molecule has 6 heteroatoms. The first-order chi connectivity index (χ1) is 14.5. The van der Waals surface area contributed by atoms with Gasteiger partial charge >= 0.3 is 0 Å². The van der Waals surface area contributed by atoms with Crippen LogP contribution in [-0.2, 0) is 0 Å². The molecular formula is C24H22F2N2O2. The van der Waals surface area contributed by atoms with Crippen LogP contribution in [-0.4, -0.2) is 24.7 Å². The smallest absolute Gasteiger partial charge is 0.164 e. The summed E-state index contributed by atoms with van der Waals surface area (Å²) in [4.78, 5) is 24.6. The first-order valence-electron chi connectivity index (χ1n) is 9.66. The lowest BCUT2D eigenvalue weighted by molar-refractivity contribution is 0.0975. The molecule has 0 aliphatic carbocycles. The number of halogens is 2. The van der Waals surface area contributed by atoms with Crippen molar-refractivity contribution in [1.29, 1.82) is 0 Å². The van der Waals surface area contributed by atoms with Gasteiger partial charge in [0.05, 0.1) is 0 Å². The van der Waals surface area contributed by atoms with Gasteiger partial charge < -0.3 is 10.6 Å². The van der Waals surface area contributed by atoms with Gasteiger partial charge in [-0.15, -0.1) is 0 Å². The van der Waals surface area contributed by atoms with E-state index in [0.717, 1.165) is 11.4 Å².